The number of pyridine rings is 1. The van der Waals surface area contributed by atoms with Gasteiger partial charge in [-0.3, -0.25) is 14.7 Å². The molecule has 0 aliphatic carbocycles. The summed E-state index contributed by atoms with van der Waals surface area (Å²) in [6.45, 7) is 5.84. The number of carbonyl (C=O) groups excluding carboxylic acids is 1. The minimum Gasteiger partial charge on any atom is -0.338 e. The van der Waals surface area contributed by atoms with Gasteiger partial charge in [-0.25, -0.2) is 0 Å². The van der Waals surface area contributed by atoms with Gasteiger partial charge >= 0.3 is 0 Å². The molecule has 0 bridgehead atoms. The van der Waals surface area contributed by atoms with Crippen LogP contribution in [0.4, 0.5) is 0 Å². The highest BCUT2D eigenvalue weighted by molar-refractivity contribution is 5.87. The second-order valence-electron chi connectivity index (χ2n) is 6.49. The number of hydrogen-bond donors (Lipinski definition) is 1. The number of nitrogens with two attached hydrogens (primary N) is 1. The van der Waals surface area contributed by atoms with Gasteiger partial charge in [0.05, 0.1) is 0 Å². The van der Waals surface area contributed by atoms with Crippen LogP contribution in [-0.4, -0.2) is 46.9 Å². The van der Waals surface area contributed by atoms with Gasteiger partial charge in [-0.2, -0.15) is 0 Å². The lowest BCUT2D eigenvalue weighted by Crippen LogP contribution is -2.56. The average molecular weight is 361 g/mol. The molecule has 0 saturated carbocycles. The standard InChI is InChI=1S/C19H24N4O.ClH/c1-19(20,17-5-3-2-4-6-17)18(24)23-13-11-22(12-14-23)15-16-7-9-21-10-8-16;/h2-10H,11-15,20H2,1H3;1H. The number of nitrogens with zero attached hydrogens (tertiary/aromatic N) is 3. The topological polar surface area (TPSA) is 62.5 Å². The van der Waals surface area contributed by atoms with Crippen molar-refractivity contribution in [1.82, 2.24) is 14.8 Å². The van der Waals surface area contributed by atoms with E-state index in [9.17, 15) is 4.79 Å². The molecule has 0 spiro atoms. The van der Waals surface area contributed by atoms with Crippen LogP contribution in [0.1, 0.15) is 18.1 Å². The molecule has 134 valence electrons. The lowest BCUT2D eigenvalue weighted by Gasteiger charge is -2.38. The lowest BCUT2D eigenvalue weighted by atomic mass is 9.91. The molecule has 5 nitrogen and oxygen atoms in total. The second kappa shape index (κ2) is 8.43. The van der Waals surface area contributed by atoms with Crippen LogP contribution in [0.15, 0.2) is 54.9 Å². The van der Waals surface area contributed by atoms with Crippen molar-refractivity contribution in [1.29, 1.82) is 0 Å². The molecule has 1 atom stereocenters. The molecule has 3 rings (SSSR count). The third-order valence-electron chi connectivity index (χ3n) is 4.63. The predicted molar refractivity (Wildman–Crippen MR) is 101 cm³/mol. The molecule has 2 N–H and O–H groups in total. The zero-order chi connectivity index (χ0) is 17.0. The van der Waals surface area contributed by atoms with Crippen molar-refractivity contribution in [2.24, 2.45) is 5.73 Å². The van der Waals surface area contributed by atoms with E-state index in [2.05, 4.69) is 9.88 Å². The molecule has 1 amide bonds. The van der Waals surface area contributed by atoms with E-state index in [1.807, 2.05) is 59.8 Å². The summed E-state index contributed by atoms with van der Waals surface area (Å²) in [5.74, 6) is -0.00254. The zero-order valence-electron chi connectivity index (χ0n) is 14.5. The molecule has 1 aromatic heterocycles. The van der Waals surface area contributed by atoms with E-state index in [-0.39, 0.29) is 18.3 Å². The van der Waals surface area contributed by atoms with Gasteiger partial charge in [-0.1, -0.05) is 30.3 Å². The van der Waals surface area contributed by atoms with E-state index >= 15 is 0 Å². The highest BCUT2D eigenvalue weighted by Gasteiger charge is 2.35. The Labute approximate surface area is 155 Å². The fourth-order valence-electron chi connectivity index (χ4n) is 3.09. The summed E-state index contributed by atoms with van der Waals surface area (Å²) >= 11 is 0. The summed E-state index contributed by atoms with van der Waals surface area (Å²) in [7, 11) is 0. The first-order chi connectivity index (χ1) is 11.6. The summed E-state index contributed by atoms with van der Waals surface area (Å²) in [5.41, 5.74) is 7.48. The average Bonchev–Trinajstić information content (AvgIpc) is 2.63. The van der Waals surface area contributed by atoms with Crippen LogP contribution >= 0.6 is 12.4 Å². The monoisotopic (exact) mass is 360 g/mol. The quantitative estimate of drug-likeness (QED) is 0.906. The molecule has 1 aromatic carbocycles. The van der Waals surface area contributed by atoms with Gasteiger partial charge in [0.25, 0.3) is 0 Å². The van der Waals surface area contributed by atoms with Gasteiger partial charge < -0.3 is 10.6 Å². The van der Waals surface area contributed by atoms with Crippen molar-refractivity contribution in [2.75, 3.05) is 26.2 Å². The van der Waals surface area contributed by atoms with E-state index in [4.69, 9.17) is 5.73 Å². The van der Waals surface area contributed by atoms with Crippen LogP contribution < -0.4 is 5.73 Å². The number of carbonyl (C=O) groups is 1. The Morgan fingerprint density at radius 3 is 2.28 bits per heavy atom. The first-order valence-electron chi connectivity index (χ1n) is 8.32. The molecule has 6 heteroatoms. The number of piperazine rings is 1. The smallest absolute Gasteiger partial charge is 0.247 e. The Morgan fingerprint density at radius 2 is 1.68 bits per heavy atom. The van der Waals surface area contributed by atoms with Gasteiger partial charge in [-0.15, -0.1) is 12.4 Å². The van der Waals surface area contributed by atoms with Crippen molar-refractivity contribution in [2.45, 2.75) is 19.0 Å². The molecule has 1 aliphatic heterocycles. The first-order valence-corrected chi connectivity index (χ1v) is 8.32. The summed E-state index contributed by atoms with van der Waals surface area (Å²) in [6, 6.07) is 13.7. The van der Waals surface area contributed by atoms with Crippen LogP contribution in [0.25, 0.3) is 0 Å². The van der Waals surface area contributed by atoms with Crippen LogP contribution in [0.5, 0.6) is 0 Å². The minimum atomic E-state index is -0.978. The second-order valence-corrected chi connectivity index (χ2v) is 6.49. The summed E-state index contributed by atoms with van der Waals surface area (Å²) in [6.07, 6.45) is 3.63. The van der Waals surface area contributed by atoms with Gasteiger partial charge in [0.15, 0.2) is 0 Å². The van der Waals surface area contributed by atoms with Crippen LogP contribution in [-0.2, 0) is 16.9 Å². The third-order valence-corrected chi connectivity index (χ3v) is 4.63. The Morgan fingerprint density at radius 1 is 1.08 bits per heavy atom. The van der Waals surface area contributed by atoms with Crippen molar-refractivity contribution >= 4 is 18.3 Å². The zero-order valence-corrected chi connectivity index (χ0v) is 15.3. The SMILES string of the molecule is CC(N)(C(=O)N1CCN(Cc2ccncc2)CC1)c1ccccc1.Cl. The van der Waals surface area contributed by atoms with Gasteiger partial charge in [0.2, 0.25) is 5.91 Å². The molecule has 1 fully saturated rings. The largest absolute Gasteiger partial charge is 0.338 e. The van der Waals surface area contributed by atoms with Crippen LogP contribution in [0.3, 0.4) is 0 Å². The van der Waals surface area contributed by atoms with Crippen molar-refractivity contribution in [3.05, 3.63) is 66.0 Å². The highest BCUT2D eigenvalue weighted by atomic mass is 35.5. The van der Waals surface area contributed by atoms with E-state index in [1.54, 1.807) is 6.92 Å². The van der Waals surface area contributed by atoms with E-state index in [1.165, 1.54) is 5.56 Å². The molecule has 1 aliphatic rings. The Bertz CT molecular complexity index is 670. The maximum atomic E-state index is 12.9. The number of amides is 1. The lowest BCUT2D eigenvalue weighted by molar-refractivity contribution is -0.138. The normalized spacial score (nSPS) is 17.4. The third kappa shape index (κ3) is 4.57. The van der Waals surface area contributed by atoms with E-state index < -0.39 is 5.54 Å². The molecule has 1 unspecified atom stereocenters. The van der Waals surface area contributed by atoms with E-state index in [0.29, 0.717) is 13.1 Å². The van der Waals surface area contributed by atoms with Gasteiger partial charge in [0, 0.05) is 45.1 Å². The molecule has 25 heavy (non-hydrogen) atoms. The molecule has 2 aromatic rings. The minimum absolute atomic E-state index is 0. The summed E-state index contributed by atoms with van der Waals surface area (Å²) in [4.78, 5) is 21.1. The fourth-order valence-corrected chi connectivity index (χ4v) is 3.09. The van der Waals surface area contributed by atoms with Gasteiger partial charge in [-0.05, 0) is 30.2 Å². The summed E-state index contributed by atoms with van der Waals surface area (Å²) < 4.78 is 0. The molecule has 2 heterocycles. The number of hydrogen-bond acceptors (Lipinski definition) is 4. The van der Waals surface area contributed by atoms with Crippen molar-refractivity contribution < 1.29 is 4.79 Å². The van der Waals surface area contributed by atoms with Crippen molar-refractivity contribution in [3.8, 4) is 0 Å². The van der Waals surface area contributed by atoms with Crippen LogP contribution in [0.2, 0.25) is 0 Å². The number of benzene rings is 1. The molecular weight excluding hydrogens is 336 g/mol. The molecular formula is C19H25ClN4O. The van der Waals surface area contributed by atoms with E-state index in [0.717, 1.165) is 25.2 Å². The maximum Gasteiger partial charge on any atom is 0.247 e. The number of rotatable bonds is 4. The predicted octanol–water partition coefficient (Wildman–Crippen LogP) is 2.02. The Balaban J connectivity index is 0.00000225. The number of aromatic nitrogens is 1. The highest BCUT2D eigenvalue weighted by Crippen LogP contribution is 2.21. The first kappa shape index (κ1) is 19.4. The molecule has 0 radical (unpaired) electrons. The Hall–Kier alpha value is -1.95. The summed E-state index contributed by atoms with van der Waals surface area (Å²) in [5, 5.41) is 0. The fraction of sp³-hybridized carbons (Fsp3) is 0.368. The van der Waals surface area contributed by atoms with Gasteiger partial charge in [0.1, 0.15) is 5.54 Å². The Kier molecular flexibility index (Phi) is 6.53. The maximum absolute atomic E-state index is 12.9. The van der Waals surface area contributed by atoms with Crippen LogP contribution in [0, 0.1) is 0 Å². The number of halogens is 1. The van der Waals surface area contributed by atoms with Crippen molar-refractivity contribution in [3.63, 3.8) is 0 Å². The molecule has 1 saturated heterocycles.